The average Bonchev–Trinajstić information content (AvgIpc) is 2.68. The number of carboxylic acid groups (broad SMARTS) is 1. The summed E-state index contributed by atoms with van der Waals surface area (Å²) in [6.07, 6.45) is 1.59. The Kier molecular flexibility index (Phi) is 4.44. The molecule has 1 N–H and O–H groups in total. The summed E-state index contributed by atoms with van der Waals surface area (Å²) in [7, 11) is 0. The van der Waals surface area contributed by atoms with E-state index in [4.69, 9.17) is 5.11 Å². The van der Waals surface area contributed by atoms with E-state index in [2.05, 4.69) is 20.9 Å². The number of hydrogen-bond donors (Lipinski definition) is 1. The third-order valence-corrected chi connectivity index (χ3v) is 4.16. The van der Waals surface area contributed by atoms with Crippen LogP contribution in [0.3, 0.4) is 0 Å². The summed E-state index contributed by atoms with van der Waals surface area (Å²) in [4.78, 5) is 39.5. The molecule has 1 unspecified atom stereocenters. The van der Waals surface area contributed by atoms with Crippen molar-refractivity contribution < 1.29 is 19.5 Å². The monoisotopic (exact) mass is 358 g/mol. The van der Waals surface area contributed by atoms with Crippen LogP contribution in [0.1, 0.15) is 23.8 Å². The summed E-state index contributed by atoms with van der Waals surface area (Å²) in [6.45, 7) is 1.75. The van der Waals surface area contributed by atoms with Crippen LogP contribution in [0.5, 0.6) is 0 Å². The molecule has 8 heteroatoms. The van der Waals surface area contributed by atoms with Gasteiger partial charge in [0.15, 0.2) is 10.8 Å². The van der Waals surface area contributed by atoms with Gasteiger partial charge in [0.2, 0.25) is 5.91 Å². The molecule has 20 heavy (non-hydrogen) atoms. The van der Waals surface area contributed by atoms with Gasteiger partial charge in [-0.25, -0.2) is 9.78 Å². The third-order valence-electron chi connectivity index (χ3n) is 2.75. The number of amides is 1. The van der Waals surface area contributed by atoms with E-state index < -0.39 is 5.97 Å². The molecule has 1 aliphatic heterocycles. The number of aromatic carboxylic acids is 1. The molecule has 1 atom stereocenters. The summed E-state index contributed by atoms with van der Waals surface area (Å²) in [5, 5.41) is 8.93. The van der Waals surface area contributed by atoms with Gasteiger partial charge in [-0.1, -0.05) is 11.8 Å². The van der Waals surface area contributed by atoms with Crippen LogP contribution in [-0.2, 0) is 9.59 Å². The lowest BCUT2D eigenvalue weighted by Gasteiger charge is -2.18. The molecule has 0 radical (unpaired) electrons. The Labute approximate surface area is 127 Å². The maximum Gasteiger partial charge on any atom is 0.356 e. The smallest absolute Gasteiger partial charge is 0.356 e. The first-order valence-electron chi connectivity index (χ1n) is 5.75. The Bertz CT molecular complexity index is 593. The van der Waals surface area contributed by atoms with Crippen LogP contribution in [0, 0.1) is 0 Å². The van der Waals surface area contributed by atoms with E-state index in [0.29, 0.717) is 11.0 Å². The molecule has 0 aromatic carbocycles. The van der Waals surface area contributed by atoms with Crippen LogP contribution in [0.25, 0.3) is 0 Å². The third kappa shape index (κ3) is 3.18. The Morgan fingerprint density at radius 2 is 2.25 bits per heavy atom. The zero-order valence-electron chi connectivity index (χ0n) is 10.5. The first-order valence-corrected chi connectivity index (χ1v) is 7.42. The maximum absolute atomic E-state index is 12.0. The second-order valence-electron chi connectivity index (χ2n) is 4.27. The molecule has 0 bridgehead atoms. The van der Waals surface area contributed by atoms with E-state index in [-0.39, 0.29) is 34.1 Å². The Balaban J connectivity index is 2.32. The van der Waals surface area contributed by atoms with Crippen molar-refractivity contribution in [1.82, 2.24) is 4.98 Å². The molecule has 2 heterocycles. The number of pyridine rings is 1. The number of carbonyl (C=O) groups excluding carboxylic acids is 2. The van der Waals surface area contributed by atoms with Crippen molar-refractivity contribution in [3.63, 3.8) is 0 Å². The number of carboxylic acids is 1. The lowest BCUT2D eigenvalue weighted by Crippen LogP contribution is -2.27. The lowest BCUT2D eigenvalue weighted by atomic mass is 10.2. The number of aromatic nitrogens is 1. The Morgan fingerprint density at radius 1 is 1.55 bits per heavy atom. The molecule has 1 aromatic heterocycles. The van der Waals surface area contributed by atoms with E-state index in [0.717, 1.165) is 11.8 Å². The van der Waals surface area contributed by atoms with Crippen molar-refractivity contribution in [2.24, 2.45) is 0 Å². The van der Waals surface area contributed by atoms with Gasteiger partial charge in [-0.15, -0.1) is 0 Å². The van der Waals surface area contributed by atoms with Gasteiger partial charge >= 0.3 is 5.97 Å². The van der Waals surface area contributed by atoms with Gasteiger partial charge in [-0.2, -0.15) is 0 Å². The normalized spacial score (nSPS) is 18.4. The van der Waals surface area contributed by atoms with Crippen molar-refractivity contribution >= 4 is 50.4 Å². The minimum atomic E-state index is -1.19. The standard InChI is InChI=1S/C12H11BrN2O4S/c1-6(16)20-8-3-10(17)15(5-8)9-2-7(13)4-14-11(9)12(18)19/h2,4,8H,3,5H2,1H3,(H,18,19). The topological polar surface area (TPSA) is 87.6 Å². The number of halogens is 1. The first kappa shape index (κ1) is 15.0. The predicted octanol–water partition coefficient (Wildman–Crippen LogP) is 1.93. The van der Waals surface area contributed by atoms with Crippen molar-refractivity contribution in [3.05, 3.63) is 22.4 Å². The van der Waals surface area contributed by atoms with Crippen LogP contribution in [-0.4, -0.2) is 38.9 Å². The molecule has 6 nitrogen and oxygen atoms in total. The lowest BCUT2D eigenvalue weighted by molar-refractivity contribution is -0.117. The van der Waals surface area contributed by atoms with Gasteiger partial charge in [0.05, 0.1) is 5.69 Å². The SMILES string of the molecule is CC(=O)SC1CC(=O)N(c2cc(Br)cnc2C(=O)O)C1. The van der Waals surface area contributed by atoms with Crippen molar-refractivity contribution in [2.75, 3.05) is 11.4 Å². The molecule has 0 saturated carbocycles. The fraction of sp³-hybridized carbons (Fsp3) is 0.333. The number of anilines is 1. The second-order valence-corrected chi connectivity index (χ2v) is 6.66. The molecule has 106 valence electrons. The highest BCUT2D eigenvalue weighted by Crippen LogP contribution is 2.31. The summed E-state index contributed by atoms with van der Waals surface area (Å²) in [5.74, 6) is -1.39. The number of nitrogens with zero attached hydrogens (tertiary/aromatic N) is 2. The van der Waals surface area contributed by atoms with E-state index in [9.17, 15) is 14.4 Å². The summed E-state index contributed by atoms with van der Waals surface area (Å²) < 4.78 is 0.591. The van der Waals surface area contributed by atoms with Crippen molar-refractivity contribution in [1.29, 1.82) is 0 Å². The predicted molar refractivity (Wildman–Crippen MR) is 77.9 cm³/mol. The number of thioether (sulfide) groups is 1. The van der Waals surface area contributed by atoms with Gasteiger partial charge in [0.25, 0.3) is 0 Å². The molecule has 1 fully saturated rings. The minimum absolute atomic E-state index is 0.0597. The van der Waals surface area contributed by atoms with E-state index in [1.807, 2.05) is 0 Å². The highest BCUT2D eigenvalue weighted by atomic mass is 79.9. The Hall–Kier alpha value is -1.41. The van der Waals surface area contributed by atoms with Crippen LogP contribution in [0.2, 0.25) is 0 Å². The number of carbonyl (C=O) groups is 3. The highest BCUT2D eigenvalue weighted by Gasteiger charge is 2.34. The highest BCUT2D eigenvalue weighted by molar-refractivity contribution is 9.10. The summed E-state index contributed by atoms with van der Waals surface area (Å²) >= 11 is 4.32. The quantitative estimate of drug-likeness (QED) is 0.887. The largest absolute Gasteiger partial charge is 0.476 e. The fourth-order valence-electron chi connectivity index (χ4n) is 2.02. The summed E-state index contributed by atoms with van der Waals surface area (Å²) in [5.41, 5.74) is 0.0820. The first-order chi connectivity index (χ1) is 9.38. The molecular weight excluding hydrogens is 348 g/mol. The van der Waals surface area contributed by atoms with Gasteiger partial charge in [-0.3, -0.25) is 9.59 Å². The van der Waals surface area contributed by atoms with Crippen LogP contribution >= 0.6 is 27.7 Å². The fourth-order valence-corrected chi connectivity index (χ4v) is 3.26. The van der Waals surface area contributed by atoms with Gasteiger partial charge < -0.3 is 10.0 Å². The molecule has 0 aliphatic carbocycles. The van der Waals surface area contributed by atoms with Gasteiger partial charge in [0.1, 0.15) is 0 Å². The minimum Gasteiger partial charge on any atom is -0.476 e. The van der Waals surface area contributed by atoms with Gasteiger partial charge in [-0.05, 0) is 22.0 Å². The van der Waals surface area contributed by atoms with Crippen LogP contribution < -0.4 is 4.90 Å². The molecule has 1 amide bonds. The summed E-state index contributed by atoms with van der Waals surface area (Å²) in [6, 6.07) is 1.55. The van der Waals surface area contributed by atoms with Crippen molar-refractivity contribution in [3.8, 4) is 0 Å². The van der Waals surface area contributed by atoms with Crippen molar-refractivity contribution in [2.45, 2.75) is 18.6 Å². The van der Waals surface area contributed by atoms with E-state index in [1.54, 1.807) is 6.07 Å². The molecule has 1 saturated heterocycles. The Morgan fingerprint density at radius 3 is 2.85 bits per heavy atom. The molecule has 0 spiro atoms. The molecule has 2 rings (SSSR count). The zero-order chi connectivity index (χ0) is 14.9. The molecular formula is C12H11BrN2O4S. The van der Waals surface area contributed by atoms with E-state index >= 15 is 0 Å². The molecule has 1 aromatic rings. The maximum atomic E-state index is 12.0. The average molecular weight is 359 g/mol. The molecule has 1 aliphatic rings. The number of rotatable bonds is 3. The van der Waals surface area contributed by atoms with Crippen LogP contribution in [0.15, 0.2) is 16.7 Å². The van der Waals surface area contributed by atoms with Crippen LogP contribution in [0.4, 0.5) is 5.69 Å². The van der Waals surface area contributed by atoms with Gasteiger partial charge in [0, 0.05) is 35.8 Å². The van der Waals surface area contributed by atoms with E-state index in [1.165, 1.54) is 18.0 Å². The second kappa shape index (κ2) is 5.92. The zero-order valence-corrected chi connectivity index (χ0v) is 12.9. The number of hydrogen-bond acceptors (Lipinski definition) is 5.